The van der Waals surface area contributed by atoms with E-state index in [4.69, 9.17) is 0 Å². The molecule has 5 heteroatoms. The molecule has 24 heavy (non-hydrogen) atoms. The molecule has 2 N–H and O–H groups in total. The van der Waals surface area contributed by atoms with Gasteiger partial charge in [-0.05, 0) is 43.9 Å². The van der Waals surface area contributed by atoms with Gasteiger partial charge in [-0.2, -0.15) is 0 Å². The van der Waals surface area contributed by atoms with E-state index in [9.17, 15) is 14.7 Å². The SMILES string of the molecule is Cc1ccc(C(=O)N2CCC[C@H](O)[C@@H]2Cc2ccccc2)c(=O)[nH]1. The fraction of sp³-hybridized carbons (Fsp3) is 0.368. The molecule has 1 aromatic heterocycles. The number of aromatic nitrogens is 1. The molecule has 3 rings (SSSR count). The van der Waals surface area contributed by atoms with Crippen LogP contribution in [0.4, 0.5) is 0 Å². The Bertz CT molecular complexity index is 770. The first kappa shape index (κ1) is 16.5. The van der Waals surface area contributed by atoms with Crippen molar-refractivity contribution in [2.45, 2.75) is 38.3 Å². The van der Waals surface area contributed by atoms with Gasteiger partial charge in [0.2, 0.25) is 0 Å². The molecule has 2 atom stereocenters. The number of amides is 1. The summed E-state index contributed by atoms with van der Waals surface area (Å²) in [4.78, 5) is 29.3. The second-order valence-corrected chi connectivity index (χ2v) is 6.35. The second-order valence-electron chi connectivity index (χ2n) is 6.35. The van der Waals surface area contributed by atoms with Gasteiger partial charge >= 0.3 is 0 Å². The Balaban J connectivity index is 1.88. The Kier molecular flexibility index (Phi) is 4.81. The van der Waals surface area contributed by atoms with Gasteiger partial charge in [-0.1, -0.05) is 30.3 Å². The third-order valence-electron chi connectivity index (χ3n) is 4.58. The van der Waals surface area contributed by atoms with Crippen LogP contribution in [-0.4, -0.2) is 39.6 Å². The van der Waals surface area contributed by atoms with Crippen LogP contribution in [0.1, 0.15) is 34.5 Å². The van der Waals surface area contributed by atoms with Crippen LogP contribution in [0.25, 0.3) is 0 Å². The molecule has 0 saturated carbocycles. The van der Waals surface area contributed by atoms with Gasteiger partial charge in [-0.25, -0.2) is 0 Å². The number of likely N-dealkylation sites (tertiary alicyclic amines) is 1. The maximum atomic E-state index is 12.9. The zero-order valence-electron chi connectivity index (χ0n) is 13.7. The summed E-state index contributed by atoms with van der Waals surface area (Å²) in [5, 5.41) is 10.4. The number of aromatic amines is 1. The lowest BCUT2D eigenvalue weighted by Crippen LogP contribution is -2.52. The number of aliphatic hydroxyl groups excluding tert-OH is 1. The molecule has 0 radical (unpaired) electrons. The number of carbonyl (C=O) groups is 1. The zero-order chi connectivity index (χ0) is 17.1. The highest BCUT2D eigenvalue weighted by atomic mass is 16.3. The number of rotatable bonds is 3. The van der Waals surface area contributed by atoms with Crippen LogP contribution in [-0.2, 0) is 6.42 Å². The average molecular weight is 326 g/mol. The topological polar surface area (TPSA) is 73.4 Å². The van der Waals surface area contributed by atoms with E-state index in [1.54, 1.807) is 24.0 Å². The number of carbonyl (C=O) groups excluding carboxylic acids is 1. The minimum absolute atomic E-state index is 0.132. The minimum atomic E-state index is -0.576. The van der Waals surface area contributed by atoms with E-state index < -0.39 is 6.10 Å². The smallest absolute Gasteiger partial charge is 0.260 e. The van der Waals surface area contributed by atoms with E-state index in [2.05, 4.69) is 4.98 Å². The van der Waals surface area contributed by atoms with Crippen molar-refractivity contribution < 1.29 is 9.90 Å². The summed E-state index contributed by atoms with van der Waals surface area (Å²) in [6.07, 6.45) is 1.41. The van der Waals surface area contributed by atoms with Crippen molar-refractivity contribution in [1.82, 2.24) is 9.88 Å². The van der Waals surface area contributed by atoms with Gasteiger partial charge in [0.1, 0.15) is 5.56 Å². The average Bonchev–Trinajstić information content (AvgIpc) is 2.57. The third-order valence-corrected chi connectivity index (χ3v) is 4.58. The number of hydrogen-bond acceptors (Lipinski definition) is 3. The summed E-state index contributed by atoms with van der Waals surface area (Å²) in [5.41, 5.74) is 1.54. The van der Waals surface area contributed by atoms with Gasteiger partial charge in [-0.15, -0.1) is 0 Å². The normalized spacial score (nSPS) is 20.8. The molecule has 5 nitrogen and oxygen atoms in total. The summed E-state index contributed by atoms with van der Waals surface area (Å²) < 4.78 is 0. The van der Waals surface area contributed by atoms with Crippen molar-refractivity contribution in [3.8, 4) is 0 Å². The van der Waals surface area contributed by atoms with Gasteiger partial charge < -0.3 is 15.0 Å². The molecule has 126 valence electrons. The highest BCUT2D eigenvalue weighted by Crippen LogP contribution is 2.23. The van der Waals surface area contributed by atoms with Gasteiger partial charge in [0.25, 0.3) is 11.5 Å². The number of nitrogens with one attached hydrogen (secondary N) is 1. The van der Waals surface area contributed by atoms with Crippen molar-refractivity contribution in [2.24, 2.45) is 0 Å². The summed E-state index contributed by atoms with van der Waals surface area (Å²) in [5.74, 6) is -0.309. The quantitative estimate of drug-likeness (QED) is 0.905. The lowest BCUT2D eigenvalue weighted by molar-refractivity contribution is 0.0117. The summed E-state index contributed by atoms with van der Waals surface area (Å²) in [6, 6.07) is 12.8. The number of aliphatic hydroxyl groups is 1. The molecular formula is C19H22N2O3. The summed E-state index contributed by atoms with van der Waals surface area (Å²) in [7, 11) is 0. The van der Waals surface area contributed by atoms with E-state index >= 15 is 0 Å². The summed E-state index contributed by atoms with van der Waals surface area (Å²) in [6.45, 7) is 2.33. The number of nitrogens with zero attached hydrogens (tertiary/aromatic N) is 1. The van der Waals surface area contributed by atoms with Gasteiger partial charge in [0.05, 0.1) is 12.1 Å². The Morgan fingerprint density at radius 3 is 2.71 bits per heavy atom. The molecule has 1 aliphatic rings. The van der Waals surface area contributed by atoms with E-state index in [1.807, 2.05) is 30.3 Å². The van der Waals surface area contributed by atoms with E-state index in [0.29, 0.717) is 19.4 Å². The van der Waals surface area contributed by atoms with Crippen LogP contribution in [0.3, 0.4) is 0 Å². The van der Waals surface area contributed by atoms with Crippen molar-refractivity contribution in [1.29, 1.82) is 0 Å². The zero-order valence-corrected chi connectivity index (χ0v) is 13.7. The molecule has 1 aliphatic heterocycles. The monoisotopic (exact) mass is 326 g/mol. The van der Waals surface area contributed by atoms with Crippen LogP contribution in [0.5, 0.6) is 0 Å². The van der Waals surface area contributed by atoms with E-state index in [0.717, 1.165) is 17.7 Å². The molecule has 1 aromatic carbocycles. The minimum Gasteiger partial charge on any atom is -0.391 e. The third kappa shape index (κ3) is 3.41. The first-order chi connectivity index (χ1) is 11.6. The fourth-order valence-corrected chi connectivity index (χ4v) is 3.29. The van der Waals surface area contributed by atoms with Crippen LogP contribution < -0.4 is 5.56 Å². The first-order valence-corrected chi connectivity index (χ1v) is 8.29. The predicted octanol–water partition coefficient (Wildman–Crippen LogP) is 1.89. The molecule has 2 heterocycles. The molecule has 1 fully saturated rings. The first-order valence-electron chi connectivity index (χ1n) is 8.29. The van der Waals surface area contributed by atoms with Crippen LogP contribution in [0.15, 0.2) is 47.3 Å². The predicted molar refractivity (Wildman–Crippen MR) is 92.0 cm³/mol. The molecule has 0 aliphatic carbocycles. The highest BCUT2D eigenvalue weighted by Gasteiger charge is 2.34. The molecular weight excluding hydrogens is 304 g/mol. The number of pyridine rings is 1. The Hall–Kier alpha value is -2.40. The van der Waals surface area contributed by atoms with Crippen molar-refractivity contribution in [3.63, 3.8) is 0 Å². The number of benzene rings is 1. The van der Waals surface area contributed by atoms with Crippen LogP contribution >= 0.6 is 0 Å². The number of piperidine rings is 1. The largest absolute Gasteiger partial charge is 0.391 e. The molecule has 0 spiro atoms. The van der Waals surface area contributed by atoms with Gasteiger partial charge in [0, 0.05) is 12.2 Å². The number of H-pyrrole nitrogens is 1. The molecule has 2 aromatic rings. The highest BCUT2D eigenvalue weighted by molar-refractivity contribution is 5.94. The number of aryl methyl sites for hydroxylation is 1. The number of hydrogen-bond donors (Lipinski definition) is 2. The van der Waals surface area contributed by atoms with Crippen molar-refractivity contribution in [2.75, 3.05) is 6.54 Å². The maximum Gasteiger partial charge on any atom is 0.260 e. The Labute approximate surface area is 140 Å². The Morgan fingerprint density at radius 2 is 2.00 bits per heavy atom. The summed E-state index contributed by atoms with van der Waals surface area (Å²) >= 11 is 0. The Morgan fingerprint density at radius 1 is 1.25 bits per heavy atom. The maximum absolute atomic E-state index is 12.9. The molecule has 0 unspecified atom stereocenters. The van der Waals surface area contributed by atoms with Crippen LogP contribution in [0, 0.1) is 6.92 Å². The molecule has 1 amide bonds. The lowest BCUT2D eigenvalue weighted by atomic mass is 9.92. The van der Waals surface area contributed by atoms with E-state index in [1.165, 1.54) is 0 Å². The standard InChI is InChI=1S/C19H22N2O3/c1-13-9-10-15(18(23)20-13)19(24)21-11-5-8-17(22)16(21)12-14-6-3-2-4-7-14/h2-4,6-7,9-10,16-17,22H,5,8,11-12H2,1H3,(H,20,23)/t16-,17-/m0/s1. The fourth-order valence-electron chi connectivity index (χ4n) is 3.29. The lowest BCUT2D eigenvalue weighted by Gasteiger charge is -2.39. The van der Waals surface area contributed by atoms with Gasteiger partial charge in [0.15, 0.2) is 0 Å². The van der Waals surface area contributed by atoms with Crippen molar-refractivity contribution >= 4 is 5.91 Å². The van der Waals surface area contributed by atoms with Gasteiger partial charge in [-0.3, -0.25) is 9.59 Å². The van der Waals surface area contributed by atoms with Crippen molar-refractivity contribution in [3.05, 3.63) is 69.6 Å². The van der Waals surface area contributed by atoms with Crippen LogP contribution in [0.2, 0.25) is 0 Å². The molecule has 0 bridgehead atoms. The second kappa shape index (κ2) is 7.01. The van der Waals surface area contributed by atoms with E-state index in [-0.39, 0.29) is 23.1 Å². The molecule has 1 saturated heterocycles.